The van der Waals surface area contributed by atoms with Crippen molar-refractivity contribution in [3.8, 4) is 0 Å². The summed E-state index contributed by atoms with van der Waals surface area (Å²) in [5.74, 6) is -1.48. The summed E-state index contributed by atoms with van der Waals surface area (Å²) in [5, 5.41) is 5.18. The summed E-state index contributed by atoms with van der Waals surface area (Å²) in [7, 11) is -4.11. The minimum Gasteiger partial charge on any atom is -0.326 e. The lowest BCUT2D eigenvalue weighted by molar-refractivity contribution is -0.130. The van der Waals surface area contributed by atoms with Crippen molar-refractivity contribution in [3.05, 3.63) is 53.8 Å². The number of halogens is 1. The SMILES string of the molecule is Cc1ccc(NC(=O)CCCN2C(=O)NC(C)(C)C2=O)cc1S(=O)(=O)Nc1ccccc1F. The number of carbonyl (C=O) groups is 3. The molecule has 0 unspecified atom stereocenters. The van der Waals surface area contributed by atoms with Gasteiger partial charge in [0.2, 0.25) is 5.91 Å². The molecule has 0 aromatic heterocycles. The second-order valence-electron chi connectivity index (χ2n) is 8.23. The number of aryl methyl sites for hydroxylation is 1. The summed E-state index contributed by atoms with van der Waals surface area (Å²) in [4.78, 5) is 37.4. The molecule has 176 valence electrons. The van der Waals surface area contributed by atoms with Crippen LogP contribution in [0.3, 0.4) is 0 Å². The molecule has 0 atom stereocenters. The molecule has 1 aliphatic heterocycles. The number of anilines is 2. The fourth-order valence-electron chi connectivity index (χ4n) is 3.35. The predicted molar refractivity (Wildman–Crippen MR) is 121 cm³/mol. The fourth-order valence-corrected chi connectivity index (χ4v) is 4.69. The molecule has 0 spiro atoms. The van der Waals surface area contributed by atoms with Gasteiger partial charge in [-0.1, -0.05) is 18.2 Å². The van der Waals surface area contributed by atoms with Gasteiger partial charge in [-0.25, -0.2) is 17.6 Å². The molecule has 9 nitrogen and oxygen atoms in total. The van der Waals surface area contributed by atoms with Gasteiger partial charge in [0.25, 0.3) is 15.9 Å². The van der Waals surface area contributed by atoms with Crippen molar-refractivity contribution < 1.29 is 27.2 Å². The Morgan fingerprint density at radius 3 is 2.48 bits per heavy atom. The highest BCUT2D eigenvalue weighted by atomic mass is 32.2. The quantitative estimate of drug-likeness (QED) is 0.505. The largest absolute Gasteiger partial charge is 0.326 e. The zero-order chi connectivity index (χ0) is 24.4. The number of nitrogens with zero attached hydrogens (tertiary/aromatic N) is 1. The highest BCUT2D eigenvalue weighted by Gasteiger charge is 2.43. The molecule has 33 heavy (non-hydrogen) atoms. The first-order chi connectivity index (χ1) is 15.4. The Balaban J connectivity index is 1.63. The number of imide groups is 1. The lowest BCUT2D eigenvalue weighted by atomic mass is 10.1. The zero-order valence-electron chi connectivity index (χ0n) is 18.4. The van der Waals surface area contributed by atoms with Crippen LogP contribution in [0.1, 0.15) is 32.3 Å². The van der Waals surface area contributed by atoms with Crippen LogP contribution < -0.4 is 15.4 Å². The Bertz CT molecular complexity index is 1210. The third kappa shape index (κ3) is 5.48. The van der Waals surface area contributed by atoms with Gasteiger partial charge in [-0.05, 0) is 57.0 Å². The molecule has 3 N–H and O–H groups in total. The number of amides is 4. The third-order valence-electron chi connectivity index (χ3n) is 5.11. The van der Waals surface area contributed by atoms with E-state index in [1.165, 1.54) is 30.3 Å². The minimum atomic E-state index is -4.11. The second kappa shape index (κ2) is 9.18. The normalized spacial score (nSPS) is 15.3. The Labute approximate surface area is 191 Å². The maximum Gasteiger partial charge on any atom is 0.325 e. The smallest absolute Gasteiger partial charge is 0.325 e. The van der Waals surface area contributed by atoms with Gasteiger partial charge in [0.1, 0.15) is 11.4 Å². The maximum absolute atomic E-state index is 13.9. The number of rotatable bonds is 8. The van der Waals surface area contributed by atoms with E-state index in [9.17, 15) is 27.2 Å². The zero-order valence-corrected chi connectivity index (χ0v) is 19.3. The van der Waals surface area contributed by atoms with Crippen molar-refractivity contribution in [2.75, 3.05) is 16.6 Å². The predicted octanol–water partition coefficient (Wildman–Crippen LogP) is 2.98. The number of hydrogen-bond donors (Lipinski definition) is 3. The van der Waals surface area contributed by atoms with Crippen LogP contribution in [-0.4, -0.2) is 43.2 Å². The molecular formula is C22H25FN4O5S. The molecule has 1 saturated heterocycles. The van der Waals surface area contributed by atoms with Crippen molar-refractivity contribution in [2.45, 2.75) is 44.0 Å². The lowest BCUT2D eigenvalue weighted by Crippen LogP contribution is -2.40. The standard InChI is InChI=1S/C22H25FN4O5S/c1-14-10-11-15(13-18(14)33(31,32)26-17-8-5-4-7-16(17)23)24-19(28)9-6-12-27-20(29)22(2,3)25-21(27)30/h4-5,7-8,10-11,13,26H,6,9,12H2,1-3H3,(H,24,28)(H,25,30). The monoisotopic (exact) mass is 476 g/mol. The number of sulfonamides is 1. The van der Waals surface area contributed by atoms with Gasteiger partial charge in [-0.3, -0.25) is 19.2 Å². The number of nitrogens with one attached hydrogen (secondary N) is 3. The van der Waals surface area contributed by atoms with Gasteiger partial charge in [0, 0.05) is 18.7 Å². The average Bonchev–Trinajstić information content (AvgIpc) is 2.92. The molecule has 1 aliphatic rings. The molecule has 0 bridgehead atoms. The molecule has 0 radical (unpaired) electrons. The second-order valence-corrected chi connectivity index (χ2v) is 9.88. The van der Waals surface area contributed by atoms with Gasteiger partial charge in [0.05, 0.1) is 10.6 Å². The van der Waals surface area contributed by atoms with Crippen molar-refractivity contribution in [2.24, 2.45) is 0 Å². The van der Waals surface area contributed by atoms with E-state index >= 15 is 0 Å². The van der Waals surface area contributed by atoms with E-state index in [0.717, 1.165) is 11.0 Å². The van der Waals surface area contributed by atoms with E-state index in [1.54, 1.807) is 26.8 Å². The van der Waals surface area contributed by atoms with Gasteiger partial charge in [-0.2, -0.15) is 0 Å². The minimum absolute atomic E-state index is 0.0148. The van der Waals surface area contributed by atoms with Crippen LogP contribution in [0.4, 0.5) is 20.6 Å². The Morgan fingerprint density at radius 2 is 1.85 bits per heavy atom. The van der Waals surface area contributed by atoms with E-state index in [4.69, 9.17) is 0 Å². The molecule has 1 heterocycles. The highest BCUT2D eigenvalue weighted by molar-refractivity contribution is 7.92. The van der Waals surface area contributed by atoms with Gasteiger partial charge >= 0.3 is 6.03 Å². The van der Waals surface area contributed by atoms with E-state index in [-0.39, 0.29) is 41.6 Å². The molecule has 3 rings (SSSR count). The summed E-state index contributed by atoms with van der Waals surface area (Å²) >= 11 is 0. The first-order valence-corrected chi connectivity index (χ1v) is 11.7. The van der Waals surface area contributed by atoms with Crippen LogP contribution in [0.25, 0.3) is 0 Å². The van der Waals surface area contributed by atoms with E-state index in [1.807, 2.05) is 0 Å². The molecule has 4 amide bonds. The molecule has 0 saturated carbocycles. The van der Waals surface area contributed by atoms with Crippen LogP contribution >= 0.6 is 0 Å². The van der Waals surface area contributed by atoms with Gasteiger partial charge < -0.3 is 10.6 Å². The molecule has 11 heteroatoms. The van der Waals surface area contributed by atoms with Crippen molar-refractivity contribution >= 4 is 39.2 Å². The van der Waals surface area contributed by atoms with E-state index in [0.29, 0.717) is 5.56 Å². The average molecular weight is 477 g/mol. The maximum atomic E-state index is 13.9. The third-order valence-corrected chi connectivity index (χ3v) is 6.62. The fraction of sp³-hybridized carbons (Fsp3) is 0.318. The van der Waals surface area contributed by atoms with Crippen molar-refractivity contribution in [1.29, 1.82) is 0 Å². The van der Waals surface area contributed by atoms with Crippen LogP contribution in [0.2, 0.25) is 0 Å². The van der Waals surface area contributed by atoms with Crippen LogP contribution in [-0.2, 0) is 19.6 Å². The van der Waals surface area contributed by atoms with Crippen LogP contribution in [0.5, 0.6) is 0 Å². The number of urea groups is 1. The Hall–Kier alpha value is -3.47. The summed E-state index contributed by atoms with van der Waals surface area (Å²) in [6, 6.07) is 9.27. The number of benzene rings is 2. The van der Waals surface area contributed by atoms with Crippen LogP contribution in [0.15, 0.2) is 47.4 Å². The Morgan fingerprint density at radius 1 is 1.15 bits per heavy atom. The number of carbonyl (C=O) groups excluding carboxylic acids is 3. The van der Waals surface area contributed by atoms with E-state index < -0.39 is 33.3 Å². The molecular weight excluding hydrogens is 451 g/mol. The molecule has 2 aromatic rings. The van der Waals surface area contributed by atoms with Gasteiger partial charge in [0.15, 0.2) is 0 Å². The summed E-state index contributed by atoms with van der Waals surface area (Å²) in [6.07, 6.45) is 0.258. The molecule has 1 fully saturated rings. The summed E-state index contributed by atoms with van der Waals surface area (Å²) in [6.45, 7) is 4.87. The Kier molecular flexibility index (Phi) is 6.73. The van der Waals surface area contributed by atoms with Crippen molar-refractivity contribution in [1.82, 2.24) is 10.2 Å². The van der Waals surface area contributed by atoms with Crippen LogP contribution in [0, 0.1) is 12.7 Å². The first-order valence-electron chi connectivity index (χ1n) is 10.2. The molecule has 0 aliphatic carbocycles. The summed E-state index contributed by atoms with van der Waals surface area (Å²) < 4.78 is 41.6. The number of para-hydroxylation sites is 1. The first kappa shape index (κ1) is 24.2. The van der Waals surface area contributed by atoms with E-state index in [2.05, 4.69) is 15.4 Å². The highest BCUT2D eigenvalue weighted by Crippen LogP contribution is 2.24. The lowest BCUT2D eigenvalue weighted by Gasteiger charge is -2.16. The number of hydrogen-bond acceptors (Lipinski definition) is 5. The topological polar surface area (TPSA) is 125 Å². The van der Waals surface area contributed by atoms with Crippen molar-refractivity contribution in [3.63, 3.8) is 0 Å². The summed E-state index contributed by atoms with van der Waals surface area (Å²) in [5.41, 5.74) is -0.497. The van der Waals surface area contributed by atoms with Gasteiger partial charge in [-0.15, -0.1) is 0 Å². The molecule has 2 aromatic carbocycles.